The molecule has 0 spiro atoms. The Hall–Kier alpha value is 0.580. The highest BCUT2D eigenvalue weighted by molar-refractivity contribution is 7.80. The monoisotopic (exact) mass is 226 g/mol. The molecule has 0 atom stereocenters. The minimum absolute atomic E-state index is 0.623. The van der Waals surface area contributed by atoms with Crippen LogP contribution in [-0.4, -0.2) is 51.1 Å². The lowest BCUT2D eigenvalue weighted by Gasteiger charge is -2.04. The Morgan fingerprint density at radius 1 is 0.538 bits per heavy atom. The van der Waals surface area contributed by atoms with E-state index in [4.69, 9.17) is 14.2 Å². The van der Waals surface area contributed by atoms with E-state index in [-0.39, 0.29) is 0 Å². The first-order valence-corrected chi connectivity index (χ1v) is 5.63. The summed E-state index contributed by atoms with van der Waals surface area (Å²) in [6.45, 7) is 3.88. The summed E-state index contributed by atoms with van der Waals surface area (Å²) in [5.41, 5.74) is 0. The van der Waals surface area contributed by atoms with Crippen LogP contribution in [0.25, 0.3) is 0 Å². The Morgan fingerprint density at radius 3 is 1.15 bits per heavy atom. The Morgan fingerprint density at radius 2 is 0.846 bits per heavy atom. The molecule has 0 aliphatic carbocycles. The smallest absolute Gasteiger partial charge is 0.0701 e. The van der Waals surface area contributed by atoms with Gasteiger partial charge in [-0.1, -0.05) is 0 Å². The van der Waals surface area contributed by atoms with Crippen LogP contribution in [0.5, 0.6) is 0 Å². The lowest BCUT2D eigenvalue weighted by molar-refractivity contribution is 0.0206. The van der Waals surface area contributed by atoms with Gasteiger partial charge in [-0.25, -0.2) is 0 Å². The van der Waals surface area contributed by atoms with Crippen molar-refractivity contribution in [1.82, 2.24) is 0 Å². The topological polar surface area (TPSA) is 27.7 Å². The van der Waals surface area contributed by atoms with Gasteiger partial charge in [0, 0.05) is 11.5 Å². The fourth-order valence-electron chi connectivity index (χ4n) is 0.671. The number of hydrogen-bond donors (Lipinski definition) is 2. The van der Waals surface area contributed by atoms with Gasteiger partial charge in [0.05, 0.1) is 39.6 Å². The summed E-state index contributed by atoms with van der Waals surface area (Å²) in [6, 6.07) is 0. The molecule has 0 unspecified atom stereocenters. The van der Waals surface area contributed by atoms with E-state index in [1.807, 2.05) is 0 Å². The Balaban J connectivity index is 2.76. The van der Waals surface area contributed by atoms with Gasteiger partial charge >= 0.3 is 0 Å². The average Bonchev–Trinajstić information content (AvgIpc) is 2.16. The van der Waals surface area contributed by atoms with Crippen molar-refractivity contribution in [1.29, 1.82) is 0 Å². The maximum Gasteiger partial charge on any atom is 0.0701 e. The second kappa shape index (κ2) is 12.6. The van der Waals surface area contributed by atoms with Gasteiger partial charge in [0.15, 0.2) is 0 Å². The van der Waals surface area contributed by atoms with Crippen LogP contribution in [0, 0.1) is 0 Å². The molecule has 0 aliphatic heterocycles. The minimum atomic E-state index is 0.623. The molecular weight excluding hydrogens is 208 g/mol. The highest BCUT2D eigenvalue weighted by atomic mass is 32.1. The second-order valence-electron chi connectivity index (χ2n) is 2.28. The van der Waals surface area contributed by atoms with Gasteiger partial charge in [0.25, 0.3) is 0 Å². The molecule has 0 amide bonds. The molecule has 3 nitrogen and oxygen atoms in total. The molecule has 13 heavy (non-hydrogen) atoms. The summed E-state index contributed by atoms with van der Waals surface area (Å²) < 4.78 is 15.5. The van der Waals surface area contributed by atoms with E-state index in [2.05, 4.69) is 25.3 Å². The zero-order chi connectivity index (χ0) is 9.78. The predicted molar refractivity (Wildman–Crippen MR) is 60.2 cm³/mol. The Bertz CT molecular complexity index is 83.5. The van der Waals surface area contributed by atoms with Crippen LogP contribution >= 0.6 is 25.3 Å². The van der Waals surface area contributed by atoms with Crippen LogP contribution in [0.3, 0.4) is 0 Å². The largest absolute Gasteiger partial charge is 0.378 e. The summed E-state index contributed by atoms with van der Waals surface area (Å²) in [6.07, 6.45) is 0. The van der Waals surface area contributed by atoms with Gasteiger partial charge in [-0.15, -0.1) is 0 Å². The minimum Gasteiger partial charge on any atom is -0.378 e. The summed E-state index contributed by atoms with van der Waals surface area (Å²) >= 11 is 8.02. The van der Waals surface area contributed by atoms with Crippen LogP contribution in [0.15, 0.2) is 0 Å². The molecular formula is C8H18O3S2. The van der Waals surface area contributed by atoms with Crippen LogP contribution in [0.4, 0.5) is 0 Å². The van der Waals surface area contributed by atoms with Crippen LogP contribution < -0.4 is 0 Å². The van der Waals surface area contributed by atoms with E-state index < -0.39 is 0 Å². The highest BCUT2D eigenvalue weighted by Crippen LogP contribution is 1.83. The third kappa shape index (κ3) is 12.6. The van der Waals surface area contributed by atoms with Crippen molar-refractivity contribution in [3.05, 3.63) is 0 Å². The van der Waals surface area contributed by atoms with E-state index >= 15 is 0 Å². The van der Waals surface area contributed by atoms with Crippen LogP contribution in [0.2, 0.25) is 0 Å². The van der Waals surface area contributed by atoms with Gasteiger partial charge in [-0.05, 0) is 0 Å². The average molecular weight is 226 g/mol. The molecule has 0 heterocycles. The van der Waals surface area contributed by atoms with Crippen LogP contribution in [-0.2, 0) is 14.2 Å². The van der Waals surface area contributed by atoms with E-state index in [0.717, 1.165) is 11.5 Å². The van der Waals surface area contributed by atoms with E-state index in [0.29, 0.717) is 39.6 Å². The maximum atomic E-state index is 5.23. The zero-order valence-corrected chi connectivity index (χ0v) is 9.56. The van der Waals surface area contributed by atoms with Crippen molar-refractivity contribution < 1.29 is 14.2 Å². The number of ether oxygens (including phenoxy) is 3. The third-order valence-corrected chi connectivity index (χ3v) is 1.58. The summed E-state index contributed by atoms with van der Waals surface area (Å²) in [5, 5.41) is 0. The van der Waals surface area contributed by atoms with Gasteiger partial charge in [-0.2, -0.15) is 25.3 Å². The van der Waals surface area contributed by atoms with Gasteiger partial charge in [-0.3, -0.25) is 0 Å². The fraction of sp³-hybridized carbons (Fsp3) is 1.00. The third-order valence-electron chi connectivity index (χ3n) is 1.22. The van der Waals surface area contributed by atoms with Gasteiger partial charge < -0.3 is 14.2 Å². The van der Waals surface area contributed by atoms with E-state index in [9.17, 15) is 0 Å². The van der Waals surface area contributed by atoms with E-state index in [1.165, 1.54) is 0 Å². The highest BCUT2D eigenvalue weighted by Gasteiger charge is 1.89. The number of thiol groups is 2. The number of hydrogen-bond acceptors (Lipinski definition) is 5. The van der Waals surface area contributed by atoms with E-state index in [1.54, 1.807) is 0 Å². The summed E-state index contributed by atoms with van der Waals surface area (Å²) in [4.78, 5) is 0. The lowest BCUT2D eigenvalue weighted by Crippen LogP contribution is -2.10. The number of rotatable bonds is 10. The first kappa shape index (κ1) is 13.6. The molecule has 80 valence electrons. The zero-order valence-electron chi connectivity index (χ0n) is 7.78. The van der Waals surface area contributed by atoms with Crippen LogP contribution in [0.1, 0.15) is 0 Å². The second-order valence-corrected chi connectivity index (χ2v) is 3.18. The standard InChI is InChI=1S/C8H18O3S2/c12-7-5-10-3-1-9-2-4-11-6-8-13/h12-13H,1-8H2. The van der Waals surface area contributed by atoms with Crippen molar-refractivity contribution in [3.8, 4) is 0 Å². The molecule has 0 aromatic heterocycles. The molecule has 0 aliphatic rings. The molecule has 0 N–H and O–H groups in total. The SMILES string of the molecule is SCCOCCOCCOCCS. The molecule has 0 saturated heterocycles. The van der Waals surface area contributed by atoms with Gasteiger partial charge in [0.2, 0.25) is 0 Å². The van der Waals surface area contributed by atoms with Crippen molar-refractivity contribution in [2.75, 3.05) is 51.1 Å². The van der Waals surface area contributed by atoms with Crippen molar-refractivity contribution in [3.63, 3.8) is 0 Å². The van der Waals surface area contributed by atoms with Crippen molar-refractivity contribution >= 4 is 25.3 Å². The Labute approximate surface area is 90.9 Å². The molecule has 0 bridgehead atoms. The predicted octanol–water partition coefficient (Wildman–Crippen LogP) is 0.896. The summed E-state index contributed by atoms with van der Waals surface area (Å²) in [5.74, 6) is 1.51. The first-order valence-electron chi connectivity index (χ1n) is 4.36. The molecule has 0 rings (SSSR count). The Kier molecular flexibility index (Phi) is 13.1. The molecule has 0 saturated carbocycles. The molecule has 0 radical (unpaired) electrons. The summed E-state index contributed by atoms with van der Waals surface area (Å²) in [7, 11) is 0. The molecule has 0 aromatic rings. The van der Waals surface area contributed by atoms with Crippen molar-refractivity contribution in [2.24, 2.45) is 0 Å². The first-order chi connectivity index (χ1) is 6.41. The molecule has 0 fully saturated rings. The van der Waals surface area contributed by atoms with Gasteiger partial charge in [0.1, 0.15) is 0 Å². The maximum absolute atomic E-state index is 5.23. The normalized spacial score (nSPS) is 10.6. The quantitative estimate of drug-likeness (QED) is 0.428. The molecule has 0 aromatic carbocycles. The van der Waals surface area contributed by atoms with Crippen molar-refractivity contribution in [2.45, 2.75) is 0 Å². The molecule has 5 heteroatoms. The lowest BCUT2D eigenvalue weighted by atomic mass is 10.7. The fourth-order valence-corrected chi connectivity index (χ4v) is 0.929.